The number of thiol groups is 1. The molecule has 0 saturated heterocycles. The molecule has 0 spiro atoms. The molecule has 0 heterocycles. The van der Waals surface area contributed by atoms with Crippen LogP contribution in [0.3, 0.4) is 0 Å². The standard InChI is InChI=1S/C6H11B2FO2S/c1-4(12)11-5(2,9)6(7,8)10-3/h4,12H,1-3H3/t4?,5-/m0/s1. The molecule has 0 aromatic carbocycles. The second-order valence-corrected chi connectivity index (χ2v) is 3.36. The molecule has 0 aliphatic rings. The topological polar surface area (TPSA) is 18.5 Å². The first kappa shape index (κ1) is 12.3. The molecule has 6 heteroatoms. The van der Waals surface area contributed by atoms with E-state index in [0.29, 0.717) is 0 Å². The number of hydrogen-bond donors (Lipinski definition) is 1. The number of methoxy groups -OCH3 is 1. The van der Waals surface area contributed by atoms with Crippen LogP contribution in [0.2, 0.25) is 0 Å². The van der Waals surface area contributed by atoms with Crippen molar-refractivity contribution in [3.63, 3.8) is 0 Å². The molecule has 0 aliphatic carbocycles. The Morgan fingerprint density at radius 3 is 2.17 bits per heavy atom. The number of hydrogen-bond acceptors (Lipinski definition) is 3. The van der Waals surface area contributed by atoms with Crippen LogP contribution in [0.4, 0.5) is 4.39 Å². The van der Waals surface area contributed by atoms with E-state index in [-0.39, 0.29) is 0 Å². The maximum atomic E-state index is 13.5. The summed E-state index contributed by atoms with van der Waals surface area (Å²) in [5.74, 6) is -2.27. The smallest absolute Gasteiger partial charge is 0.219 e. The van der Waals surface area contributed by atoms with Crippen LogP contribution < -0.4 is 0 Å². The van der Waals surface area contributed by atoms with Gasteiger partial charge in [-0.05, 0) is 13.8 Å². The first-order chi connectivity index (χ1) is 5.23. The summed E-state index contributed by atoms with van der Waals surface area (Å²) in [6.07, 6.45) is 0. The molecule has 0 saturated carbocycles. The second-order valence-electron chi connectivity index (χ2n) is 2.63. The van der Waals surface area contributed by atoms with Crippen molar-refractivity contribution in [2.45, 2.75) is 30.5 Å². The molecule has 0 aromatic rings. The molecule has 12 heavy (non-hydrogen) atoms. The van der Waals surface area contributed by atoms with Crippen molar-refractivity contribution in [1.82, 2.24) is 0 Å². The molecule has 0 aliphatic heterocycles. The Kier molecular flexibility index (Phi) is 4.14. The zero-order valence-electron chi connectivity index (χ0n) is 7.37. The van der Waals surface area contributed by atoms with Crippen LogP contribution in [0.1, 0.15) is 13.8 Å². The average molecular weight is 188 g/mol. The number of alkyl halides is 1. The summed E-state index contributed by atoms with van der Waals surface area (Å²) in [4.78, 5) is 0. The van der Waals surface area contributed by atoms with Gasteiger partial charge in [-0.1, -0.05) is 0 Å². The van der Waals surface area contributed by atoms with Crippen LogP contribution in [0.25, 0.3) is 0 Å². The molecular formula is C6H11B2FO2S. The summed E-state index contributed by atoms with van der Waals surface area (Å²) in [5, 5.41) is -1.97. The van der Waals surface area contributed by atoms with E-state index in [9.17, 15) is 4.39 Å². The molecule has 2 nitrogen and oxygen atoms in total. The number of ether oxygens (including phenoxy) is 2. The van der Waals surface area contributed by atoms with Gasteiger partial charge in [0.1, 0.15) is 21.1 Å². The van der Waals surface area contributed by atoms with Crippen LogP contribution in [-0.4, -0.2) is 39.5 Å². The Hall–Kier alpha value is 0.330. The quantitative estimate of drug-likeness (QED) is 0.395. The van der Waals surface area contributed by atoms with Gasteiger partial charge >= 0.3 is 0 Å². The molecule has 0 N–H and O–H groups in total. The summed E-state index contributed by atoms with van der Waals surface area (Å²) in [7, 11) is 11.7. The van der Waals surface area contributed by atoms with E-state index >= 15 is 0 Å². The highest BCUT2D eigenvalue weighted by Crippen LogP contribution is 2.27. The predicted octanol–water partition coefficient (Wildman–Crippen LogP) is 0.602. The van der Waals surface area contributed by atoms with Gasteiger partial charge in [0.25, 0.3) is 0 Å². The Bertz CT molecular complexity index is 152. The fourth-order valence-electron chi connectivity index (χ4n) is 0.595. The third-order valence-electron chi connectivity index (χ3n) is 1.43. The van der Waals surface area contributed by atoms with Crippen molar-refractivity contribution in [2.24, 2.45) is 0 Å². The van der Waals surface area contributed by atoms with Gasteiger partial charge in [0.15, 0.2) is 0 Å². The van der Waals surface area contributed by atoms with E-state index in [0.717, 1.165) is 6.92 Å². The highest BCUT2D eigenvalue weighted by Gasteiger charge is 2.42. The van der Waals surface area contributed by atoms with E-state index < -0.39 is 16.7 Å². The van der Waals surface area contributed by atoms with Gasteiger partial charge in [0, 0.05) is 12.5 Å². The van der Waals surface area contributed by atoms with Crippen LogP contribution in [0.5, 0.6) is 0 Å². The molecule has 0 rings (SSSR count). The molecule has 0 fully saturated rings. The van der Waals surface area contributed by atoms with Crippen LogP contribution in [0.15, 0.2) is 0 Å². The lowest BCUT2D eigenvalue weighted by Crippen LogP contribution is -2.54. The molecule has 0 amide bonds. The van der Waals surface area contributed by atoms with E-state index in [2.05, 4.69) is 17.4 Å². The van der Waals surface area contributed by atoms with Gasteiger partial charge < -0.3 is 9.47 Å². The maximum Gasteiger partial charge on any atom is 0.219 e. The van der Waals surface area contributed by atoms with Gasteiger partial charge in [-0.25, -0.2) is 4.39 Å². The van der Waals surface area contributed by atoms with Crippen molar-refractivity contribution < 1.29 is 13.9 Å². The second kappa shape index (κ2) is 4.03. The minimum atomic E-state index is -2.27. The highest BCUT2D eigenvalue weighted by atomic mass is 32.1. The summed E-state index contributed by atoms with van der Waals surface area (Å²) < 4.78 is 22.7. The first-order valence-electron chi connectivity index (χ1n) is 3.40. The molecule has 1 unspecified atom stereocenters. The molecule has 4 radical (unpaired) electrons. The Morgan fingerprint density at radius 1 is 1.50 bits per heavy atom. The zero-order valence-corrected chi connectivity index (χ0v) is 8.27. The summed E-state index contributed by atoms with van der Waals surface area (Å²) in [5.41, 5.74) is -0.610. The molecule has 66 valence electrons. The van der Waals surface area contributed by atoms with Crippen molar-refractivity contribution in [1.29, 1.82) is 0 Å². The average Bonchev–Trinajstić information content (AvgIpc) is 1.84. The van der Waals surface area contributed by atoms with E-state index in [1.165, 1.54) is 7.11 Å². The third kappa shape index (κ3) is 2.99. The van der Waals surface area contributed by atoms with Gasteiger partial charge in [-0.3, -0.25) is 0 Å². The minimum absolute atomic E-state index is 0.610. The molecular weight excluding hydrogens is 177 g/mol. The minimum Gasteiger partial charge on any atom is -0.392 e. The molecule has 0 bridgehead atoms. The lowest BCUT2D eigenvalue weighted by Gasteiger charge is -2.38. The molecule has 2 atom stereocenters. The number of rotatable bonds is 4. The van der Waals surface area contributed by atoms with E-state index in [1.807, 2.05) is 0 Å². The van der Waals surface area contributed by atoms with Crippen LogP contribution in [-0.2, 0) is 9.47 Å². The molecule has 0 aromatic heterocycles. The van der Waals surface area contributed by atoms with E-state index in [1.54, 1.807) is 6.92 Å². The fourth-order valence-corrected chi connectivity index (χ4v) is 0.793. The van der Waals surface area contributed by atoms with Gasteiger partial charge in [0.2, 0.25) is 5.85 Å². The summed E-state index contributed by atoms with van der Waals surface area (Å²) >= 11 is 3.83. The van der Waals surface area contributed by atoms with Crippen molar-refractivity contribution in [2.75, 3.05) is 7.11 Å². The maximum absolute atomic E-state index is 13.5. The highest BCUT2D eigenvalue weighted by molar-refractivity contribution is 7.80. The monoisotopic (exact) mass is 188 g/mol. The predicted molar refractivity (Wildman–Crippen MR) is 50.3 cm³/mol. The van der Waals surface area contributed by atoms with Crippen molar-refractivity contribution >= 4 is 28.3 Å². The summed E-state index contributed by atoms with van der Waals surface area (Å²) in [6, 6.07) is 0. The summed E-state index contributed by atoms with van der Waals surface area (Å²) in [6.45, 7) is 2.63. The Morgan fingerprint density at radius 2 is 1.92 bits per heavy atom. The van der Waals surface area contributed by atoms with Gasteiger partial charge in [-0.2, -0.15) is 0 Å². The zero-order chi connectivity index (χ0) is 9.99. The van der Waals surface area contributed by atoms with Crippen LogP contribution >= 0.6 is 12.6 Å². The lowest BCUT2D eigenvalue weighted by molar-refractivity contribution is -0.198. The first-order valence-corrected chi connectivity index (χ1v) is 3.92. The van der Waals surface area contributed by atoms with Gasteiger partial charge in [0.05, 0.1) is 0 Å². The SMILES string of the molecule is [B]C([B])(OC)[C@@](C)(F)OC(C)S. The number of halogens is 1. The van der Waals surface area contributed by atoms with E-state index in [4.69, 9.17) is 20.4 Å². The Labute approximate surface area is 80.4 Å². The fraction of sp³-hybridized carbons (Fsp3) is 1.00. The Balaban J connectivity index is 4.37. The third-order valence-corrected chi connectivity index (χ3v) is 1.53. The van der Waals surface area contributed by atoms with Crippen molar-refractivity contribution in [3.8, 4) is 0 Å². The normalized spacial score (nSPS) is 20.1. The van der Waals surface area contributed by atoms with Gasteiger partial charge in [-0.15, -0.1) is 12.6 Å². The largest absolute Gasteiger partial charge is 0.392 e. The van der Waals surface area contributed by atoms with Crippen molar-refractivity contribution in [3.05, 3.63) is 0 Å². The van der Waals surface area contributed by atoms with Crippen LogP contribution in [0, 0.1) is 0 Å². The lowest BCUT2D eigenvalue weighted by atomic mass is 9.61.